The molecule has 0 unspecified atom stereocenters. The lowest BCUT2D eigenvalue weighted by Crippen LogP contribution is -2.13. The molecular weight excluding hydrogens is 464 g/mol. The van der Waals surface area contributed by atoms with E-state index in [9.17, 15) is 0 Å². The van der Waals surface area contributed by atoms with Gasteiger partial charge in [0.15, 0.2) is 0 Å². The first-order valence-corrected chi connectivity index (χ1v) is 16.2. The molecule has 2 aliphatic carbocycles. The van der Waals surface area contributed by atoms with Crippen molar-refractivity contribution in [1.29, 1.82) is 0 Å². The van der Waals surface area contributed by atoms with E-state index in [4.69, 9.17) is 9.47 Å². The molecule has 2 heteroatoms. The Morgan fingerprint density at radius 3 is 1.21 bits per heavy atom. The van der Waals surface area contributed by atoms with Crippen LogP contribution in [0.1, 0.15) is 140 Å². The van der Waals surface area contributed by atoms with Crippen LogP contribution in [0, 0.1) is 11.8 Å². The normalized spacial score (nSPS) is 23.7. The fourth-order valence-electron chi connectivity index (χ4n) is 7.00. The second kappa shape index (κ2) is 16.2. The van der Waals surface area contributed by atoms with Crippen LogP contribution in [0.4, 0.5) is 0 Å². The topological polar surface area (TPSA) is 18.5 Å². The van der Waals surface area contributed by atoms with Gasteiger partial charge in [-0.15, -0.1) is 0 Å². The van der Waals surface area contributed by atoms with E-state index in [1.165, 1.54) is 101 Å². The van der Waals surface area contributed by atoms with E-state index in [0.717, 1.165) is 61.2 Å². The average Bonchev–Trinajstić information content (AvgIpc) is 2.96. The summed E-state index contributed by atoms with van der Waals surface area (Å²) in [6.07, 6.45) is 21.2. The van der Waals surface area contributed by atoms with Crippen molar-refractivity contribution >= 4 is 0 Å². The van der Waals surface area contributed by atoms with Crippen LogP contribution < -0.4 is 9.47 Å². The molecule has 38 heavy (non-hydrogen) atoms. The van der Waals surface area contributed by atoms with Crippen molar-refractivity contribution in [2.45, 2.75) is 128 Å². The van der Waals surface area contributed by atoms with Crippen LogP contribution in [0.2, 0.25) is 0 Å². The standard InChI is InChI=1S/C36H54O2/c1-3-9-29-11-15-31(16-12-29)33-19-23-35(24-20-33)37-27-7-5-6-8-28-38-36-25-21-34(22-26-36)32-17-13-30(10-4-2)14-18-32/h19-26,29-32H,3-18,27-28H2,1-2H3. The molecule has 2 saturated carbocycles. The Hall–Kier alpha value is -1.96. The number of benzene rings is 2. The van der Waals surface area contributed by atoms with E-state index >= 15 is 0 Å². The van der Waals surface area contributed by atoms with Crippen LogP contribution in [0.5, 0.6) is 11.5 Å². The summed E-state index contributed by atoms with van der Waals surface area (Å²) in [5.74, 6) is 5.51. The van der Waals surface area contributed by atoms with Gasteiger partial charge in [-0.25, -0.2) is 0 Å². The molecule has 0 spiro atoms. The number of unbranched alkanes of at least 4 members (excludes halogenated alkanes) is 3. The molecule has 2 fully saturated rings. The van der Waals surface area contributed by atoms with E-state index in [-0.39, 0.29) is 0 Å². The highest BCUT2D eigenvalue weighted by Crippen LogP contribution is 2.39. The van der Waals surface area contributed by atoms with Gasteiger partial charge in [0.25, 0.3) is 0 Å². The smallest absolute Gasteiger partial charge is 0.119 e. The fraction of sp³-hybridized carbons (Fsp3) is 0.667. The van der Waals surface area contributed by atoms with Crippen molar-refractivity contribution in [2.75, 3.05) is 13.2 Å². The second-order valence-electron chi connectivity index (χ2n) is 12.3. The Kier molecular flexibility index (Phi) is 12.4. The lowest BCUT2D eigenvalue weighted by Gasteiger charge is -2.28. The Labute approximate surface area is 233 Å². The SMILES string of the molecule is CCCC1CCC(c2ccc(OCCCCCCOc3ccc(C4CCC(CCC)CC4)cc3)cc2)CC1. The summed E-state index contributed by atoms with van der Waals surface area (Å²) in [7, 11) is 0. The predicted octanol–water partition coefficient (Wildman–Crippen LogP) is 10.9. The highest BCUT2D eigenvalue weighted by molar-refractivity contribution is 5.30. The average molecular weight is 519 g/mol. The van der Waals surface area contributed by atoms with Crippen molar-refractivity contribution in [3.63, 3.8) is 0 Å². The van der Waals surface area contributed by atoms with Crippen LogP contribution in [-0.4, -0.2) is 13.2 Å². The van der Waals surface area contributed by atoms with Gasteiger partial charge in [-0.3, -0.25) is 0 Å². The Morgan fingerprint density at radius 2 is 0.868 bits per heavy atom. The third-order valence-corrected chi connectivity index (χ3v) is 9.37. The predicted molar refractivity (Wildman–Crippen MR) is 162 cm³/mol. The van der Waals surface area contributed by atoms with Crippen molar-refractivity contribution in [2.24, 2.45) is 11.8 Å². The molecule has 0 radical (unpaired) electrons. The molecule has 0 aliphatic heterocycles. The number of rotatable bonds is 15. The summed E-state index contributed by atoms with van der Waals surface area (Å²) in [6, 6.07) is 18.0. The zero-order valence-corrected chi connectivity index (χ0v) is 24.5. The molecule has 2 nitrogen and oxygen atoms in total. The van der Waals surface area contributed by atoms with Gasteiger partial charge < -0.3 is 9.47 Å². The summed E-state index contributed by atoms with van der Waals surface area (Å²) in [6.45, 7) is 6.25. The molecule has 0 aromatic heterocycles. The van der Waals surface area contributed by atoms with Gasteiger partial charge in [0, 0.05) is 0 Å². The summed E-state index contributed by atoms with van der Waals surface area (Å²) >= 11 is 0. The maximum absolute atomic E-state index is 6.02. The van der Waals surface area contributed by atoms with Crippen molar-refractivity contribution in [3.05, 3.63) is 59.7 Å². The first kappa shape index (κ1) is 29.0. The molecule has 2 aromatic carbocycles. The highest BCUT2D eigenvalue weighted by Gasteiger charge is 2.22. The minimum atomic E-state index is 0.757. The van der Waals surface area contributed by atoms with E-state index in [1.54, 1.807) is 0 Å². The minimum Gasteiger partial charge on any atom is -0.494 e. The molecule has 0 atom stereocenters. The monoisotopic (exact) mass is 518 g/mol. The minimum absolute atomic E-state index is 0.757. The summed E-state index contributed by atoms with van der Waals surface area (Å²) in [5.41, 5.74) is 3.02. The molecule has 4 rings (SSSR count). The zero-order chi connectivity index (χ0) is 26.4. The molecule has 0 bridgehead atoms. The lowest BCUT2D eigenvalue weighted by molar-refractivity contribution is 0.287. The third-order valence-electron chi connectivity index (χ3n) is 9.37. The van der Waals surface area contributed by atoms with Crippen LogP contribution in [0.25, 0.3) is 0 Å². The summed E-state index contributed by atoms with van der Waals surface area (Å²) < 4.78 is 12.0. The van der Waals surface area contributed by atoms with E-state index in [2.05, 4.69) is 62.4 Å². The van der Waals surface area contributed by atoms with E-state index < -0.39 is 0 Å². The van der Waals surface area contributed by atoms with Crippen molar-refractivity contribution < 1.29 is 9.47 Å². The second-order valence-corrected chi connectivity index (χ2v) is 12.3. The third kappa shape index (κ3) is 9.35. The van der Waals surface area contributed by atoms with Gasteiger partial charge in [-0.2, -0.15) is 0 Å². The largest absolute Gasteiger partial charge is 0.494 e. The maximum Gasteiger partial charge on any atom is 0.119 e. The molecule has 0 heterocycles. The molecule has 0 saturated heterocycles. The van der Waals surface area contributed by atoms with Gasteiger partial charge in [0.2, 0.25) is 0 Å². The zero-order valence-electron chi connectivity index (χ0n) is 24.5. The fourth-order valence-corrected chi connectivity index (χ4v) is 7.00. The molecule has 0 N–H and O–H groups in total. The van der Waals surface area contributed by atoms with E-state index in [1.807, 2.05) is 0 Å². The van der Waals surface area contributed by atoms with Crippen LogP contribution in [0.15, 0.2) is 48.5 Å². The maximum atomic E-state index is 6.02. The summed E-state index contributed by atoms with van der Waals surface area (Å²) in [4.78, 5) is 0. The Bertz CT molecular complexity index is 795. The first-order chi connectivity index (χ1) is 18.7. The van der Waals surface area contributed by atoms with Gasteiger partial charge in [-0.1, -0.05) is 63.8 Å². The highest BCUT2D eigenvalue weighted by atomic mass is 16.5. The van der Waals surface area contributed by atoms with Gasteiger partial charge in [0.05, 0.1) is 13.2 Å². The van der Waals surface area contributed by atoms with Crippen LogP contribution in [0.3, 0.4) is 0 Å². The Morgan fingerprint density at radius 1 is 0.500 bits per heavy atom. The van der Waals surface area contributed by atoms with Crippen molar-refractivity contribution in [3.8, 4) is 11.5 Å². The van der Waals surface area contributed by atoms with Crippen LogP contribution >= 0.6 is 0 Å². The first-order valence-electron chi connectivity index (χ1n) is 16.2. The molecule has 2 aliphatic rings. The number of hydrogen-bond donors (Lipinski definition) is 0. The number of ether oxygens (including phenoxy) is 2. The number of hydrogen-bond acceptors (Lipinski definition) is 2. The lowest BCUT2D eigenvalue weighted by atomic mass is 9.77. The van der Waals surface area contributed by atoms with Crippen molar-refractivity contribution in [1.82, 2.24) is 0 Å². The molecular formula is C36H54O2. The molecule has 0 amide bonds. The van der Waals surface area contributed by atoms with Gasteiger partial charge in [0.1, 0.15) is 11.5 Å². The van der Waals surface area contributed by atoms with E-state index in [0.29, 0.717) is 0 Å². The molecule has 2 aromatic rings. The quantitative estimate of drug-likeness (QED) is 0.218. The summed E-state index contributed by atoms with van der Waals surface area (Å²) in [5, 5.41) is 0. The Balaban J connectivity index is 1.02. The van der Waals surface area contributed by atoms with Gasteiger partial charge >= 0.3 is 0 Å². The molecule has 210 valence electrons. The van der Waals surface area contributed by atoms with Crippen LogP contribution in [-0.2, 0) is 0 Å². The van der Waals surface area contributed by atoms with Gasteiger partial charge in [-0.05, 0) is 136 Å².